The van der Waals surface area contributed by atoms with Gasteiger partial charge in [-0.2, -0.15) is 0 Å². The number of hydrogen-bond acceptors (Lipinski definition) is 4. The third kappa shape index (κ3) is 5.45. The molecule has 0 aromatic carbocycles. The Morgan fingerprint density at radius 1 is 1.03 bits per heavy atom. The van der Waals surface area contributed by atoms with Gasteiger partial charge in [0.25, 0.3) is 0 Å². The van der Waals surface area contributed by atoms with Crippen LogP contribution in [0.25, 0.3) is 0 Å². The Balaban J connectivity index is 1.36. The van der Waals surface area contributed by atoms with Gasteiger partial charge in [-0.3, -0.25) is 19.5 Å². The fourth-order valence-corrected chi connectivity index (χ4v) is 4.90. The van der Waals surface area contributed by atoms with Crippen LogP contribution in [0.2, 0.25) is 0 Å². The van der Waals surface area contributed by atoms with Crippen LogP contribution in [-0.4, -0.2) is 99.4 Å². The highest BCUT2D eigenvalue weighted by molar-refractivity contribution is 5.85. The lowest BCUT2D eigenvalue weighted by molar-refractivity contribution is -0.140. The van der Waals surface area contributed by atoms with Crippen molar-refractivity contribution in [3.05, 3.63) is 0 Å². The molecule has 8 nitrogen and oxygen atoms in total. The zero-order chi connectivity index (χ0) is 21.6. The first-order chi connectivity index (χ1) is 14.4. The van der Waals surface area contributed by atoms with E-state index in [-0.39, 0.29) is 11.3 Å². The summed E-state index contributed by atoms with van der Waals surface area (Å²) in [6.45, 7) is 5.92. The maximum atomic E-state index is 12.7. The average molecular weight is 421 g/mol. The van der Waals surface area contributed by atoms with Crippen molar-refractivity contribution in [3.63, 3.8) is 0 Å². The van der Waals surface area contributed by atoms with E-state index in [9.17, 15) is 9.59 Å². The summed E-state index contributed by atoms with van der Waals surface area (Å²) in [7, 11) is 5.46. The van der Waals surface area contributed by atoms with Crippen LogP contribution in [0.1, 0.15) is 44.9 Å². The van der Waals surface area contributed by atoms with Gasteiger partial charge in [0.2, 0.25) is 11.8 Å². The van der Waals surface area contributed by atoms with Crippen LogP contribution in [0.4, 0.5) is 0 Å². The molecule has 1 saturated heterocycles. The van der Waals surface area contributed by atoms with Crippen molar-refractivity contribution in [1.82, 2.24) is 25.3 Å². The molecule has 2 aliphatic carbocycles. The first kappa shape index (κ1) is 22.8. The molecule has 0 bridgehead atoms. The second-order valence-electron chi connectivity index (χ2n) is 9.33. The molecule has 0 atom stereocenters. The minimum Gasteiger partial charge on any atom is -0.355 e. The van der Waals surface area contributed by atoms with E-state index in [1.54, 1.807) is 11.9 Å². The highest BCUT2D eigenvalue weighted by atomic mass is 16.2. The zero-order valence-corrected chi connectivity index (χ0v) is 19.1. The number of piperazine rings is 1. The number of carbonyl (C=O) groups excluding carboxylic acids is 2. The zero-order valence-electron chi connectivity index (χ0n) is 19.1. The summed E-state index contributed by atoms with van der Waals surface area (Å²) >= 11 is 0. The lowest BCUT2D eigenvalue weighted by Gasteiger charge is -2.38. The van der Waals surface area contributed by atoms with Gasteiger partial charge in [0, 0.05) is 72.9 Å². The van der Waals surface area contributed by atoms with Crippen molar-refractivity contribution >= 4 is 17.8 Å². The highest BCUT2D eigenvalue weighted by Crippen LogP contribution is 2.38. The van der Waals surface area contributed by atoms with Crippen molar-refractivity contribution < 1.29 is 9.59 Å². The smallest absolute Gasteiger partial charge is 0.230 e. The lowest BCUT2D eigenvalue weighted by atomic mass is 9.84. The van der Waals surface area contributed by atoms with E-state index in [0.717, 1.165) is 83.8 Å². The highest BCUT2D eigenvalue weighted by Gasteiger charge is 2.42. The molecular formula is C22H40N6O2. The number of guanidine groups is 1. The molecule has 3 fully saturated rings. The monoisotopic (exact) mass is 420 g/mol. The van der Waals surface area contributed by atoms with Crippen molar-refractivity contribution in [2.24, 2.45) is 16.3 Å². The molecule has 3 aliphatic rings. The predicted molar refractivity (Wildman–Crippen MR) is 119 cm³/mol. The Bertz CT molecular complexity index is 617. The number of nitrogens with zero attached hydrogens (tertiary/aromatic N) is 4. The summed E-state index contributed by atoms with van der Waals surface area (Å²) in [6, 6.07) is 0. The molecule has 170 valence electrons. The van der Waals surface area contributed by atoms with Gasteiger partial charge in [0.05, 0.1) is 5.41 Å². The van der Waals surface area contributed by atoms with Crippen molar-refractivity contribution in [2.75, 3.05) is 67.0 Å². The molecule has 2 amide bonds. The summed E-state index contributed by atoms with van der Waals surface area (Å²) in [4.78, 5) is 35.6. The second kappa shape index (κ2) is 10.5. The Hall–Kier alpha value is -1.83. The molecule has 0 spiro atoms. The minimum atomic E-state index is -0.301. The van der Waals surface area contributed by atoms with Crippen LogP contribution in [0.15, 0.2) is 4.99 Å². The number of rotatable bonds is 7. The predicted octanol–water partition coefficient (Wildman–Crippen LogP) is 0.744. The maximum Gasteiger partial charge on any atom is 0.230 e. The number of carbonyl (C=O) groups is 2. The molecule has 1 aliphatic heterocycles. The molecule has 0 unspecified atom stereocenters. The van der Waals surface area contributed by atoms with Gasteiger partial charge < -0.3 is 20.4 Å². The van der Waals surface area contributed by atoms with Gasteiger partial charge in [0.15, 0.2) is 5.96 Å². The number of nitrogens with one attached hydrogen (secondary N) is 2. The van der Waals surface area contributed by atoms with Crippen molar-refractivity contribution in [2.45, 2.75) is 44.9 Å². The summed E-state index contributed by atoms with van der Waals surface area (Å²) in [5, 5.41) is 6.78. The Labute approximate surface area is 181 Å². The quantitative estimate of drug-likeness (QED) is 0.469. The Morgan fingerprint density at radius 3 is 2.23 bits per heavy atom. The van der Waals surface area contributed by atoms with Crippen molar-refractivity contribution in [3.8, 4) is 0 Å². The molecule has 2 saturated carbocycles. The molecular weight excluding hydrogens is 380 g/mol. The van der Waals surface area contributed by atoms with E-state index < -0.39 is 0 Å². The standard InChI is InChI=1S/C22H40N6O2/c1-23-21(25-17-22(9-4-5-10-22)20(30)26(2)3)24-11-12-27-13-15-28(16-14-27)19(29)18-7-6-8-18/h18H,4-17H2,1-3H3,(H2,23,24,25). The summed E-state index contributed by atoms with van der Waals surface area (Å²) in [5.41, 5.74) is -0.301. The van der Waals surface area contributed by atoms with E-state index in [2.05, 4.69) is 25.4 Å². The average Bonchev–Trinajstić information content (AvgIpc) is 3.19. The van der Waals surface area contributed by atoms with Gasteiger partial charge in [-0.1, -0.05) is 19.3 Å². The van der Waals surface area contributed by atoms with Crippen LogP contribution in [0.3, 0.4) is 0 Å². The molecule has 0 aromatic rings. The Kier molecular flexibility index (Phi) is 7.97. The van der Waals surface area contributed by atoms with Crippen LogP contribution in [0, 0.1) is 11.3 Å². The van der Waals surface area contributed by atoms with E-state index >= 15 is 0 Å². The maximum absolute atomic E-state index is 12.7. The molecule has 0 radical (unpaired) electrons. The fourth-order valence-electron chi connectivity index (χ4n) is 4.90. The summed E-state index contributed by atoms with van der Waals surface area (Å²) < 4.78 is 0. The van der Waals surface area contributed by atoms with E-state index in [1.807, 2.05) is 14.1 Å². The Morgan fingerprint density at radius 2 is 1.70 bits per heavy atom. The molecule has 3 rings (SSSR count). The van der Waals surface area contributed by atoms with Gasteiger partial charge in [-0.05, 0) is 25.7 Å². The third-order valence-electron chi connectivity index (χ3n) is 7.10. The number of aliphatic imine (C=N–C) groups is 1. The van der Waals surface area contributed by atoms with Crippen LogP contribution in [-0.2, 0) is 9.59 Å². The largest absolute Gasteiger partial charge is 0.355 e. The van der Waals surface area contributed by atoms with E-state index in [4.69, 9.17) is 0 Å². The van der Waals surface area contributed by atoms with E-state index in [1.165, 1.54) is 6.42 Å². The van der Waals surface area contributed by atoms with Gasteiger partial charge >= 0.3 is 0 Å². The molecule has 1 heterocycles. The molecule has 30 heavy (non-hydrogen) atoms. The molecule has 8 heteroatoms. The van der Waals surface area contributed by atoms with Crippen LogP contribution < -0.4 is 10.6 Å². The van der Waals surface area contributed by atoms with Crippen molar-refractivity contribution in [1.29, 1.82) is 0 Å². The second-order valence-corrected chi connectivity index (χ2v) is 9.33. The SMILES string of the molecule is CN=C(NCCN1CCN(C(=O)C2CCC2)CC1)NCC1(C(=O)N(C)C)CCCC1. The minimum absolute atomic E-state index is 0.220. The topological polar surface area (TPSA) is 80.3 Å². The van der Waals surface area contributed by atoms with E-state index in [0.29, 0.717) is 18.4 Å². The van der Waals surface area contributed by atoms with Crippen LogP contribution >= 0.6 is 0 Å². The molecule has 2 N–H and O–H groups in total. The lowest BCUT2D eigenvalue weighted by Crippen LogP contribution is -2.53. The van der Waals surface area contributed by atoms with Gasteiger partial charge in [0.1, 0.15) is 0 Å². The normalized spacial score (nSPS) is 22.5. The first-order valence-electron chi connectivity index (χ1n) is 11.6. The van der Waals surface area contributed by atoms with Gasteiger partial charge in [-0.15, -0.1) is 0 Å². The summed E-state index contributed by atoms with van der Waals surface area (Å²) in [5.74, 6) is 1.65. The third-order valence-corrected chi connectivity index (χ3v) is 7.10. The first-order valence-corrected chi connectivity index (χ1v) is 11.6. The number of amides is 2. The van der Waals surface area contributed by atoms with Crippen LogP contribution in [0.5, 0.6) is 0 Å². The molecule has 0 aromatic heterocycles. The summed E-state index contributed by atoms with van der Waals surface area (Å²) in [6.07, 6.45) is 7.48. The number of hydrogen-bond donors (Lipinski definition) is 2. The van der Waals surface area contributed by atoms with Gasteiger partial charge in [-0.25, -0.2) is 0 Å². The fraction of sp³-hybridized carbons (Fsp3) is 0.864.